The van der Waals surface area contributed by atoms with Gasteiger partial charge in [-0.05, 0) is 18.2 Å². The van der Waals surface area contributed by atoms with Crippen molar-refractivity contribution in [2.75, 3.05) is 18.6 Å². The molecule has 0 saturated heterocycles. The molecule has 0 bridgehead atoms. The Kier molecular flexibility index (Phi) is 5.42. The second-order valence-electron chi connectivity index (χ2n) is 3.19. The van der Waals surface area contributed by atoms with Gasteiger partial charge in [0.1, 0.15) is 5.82 Å². The molecule has 84 valence electrons. The maximum Gasteiger partial charge on any atom is 0.127 e. The first-order valence-corrected chi connectivity index (χ1v) is 7.06. The fourth-order valence-corrected chi connectivity index (χ4v) is 1.96. The minimum atomic E-state index is -0.799. The van der Waals surface area contributed by atoms with Gasteiger partial charge in [0, 0.05) is 45.9 Å². The van der Waals surface area contributed by atoms with Crippen molar-refractivity contribution in [2.45, 2.75) is 6.54 Å². The van der Waals surface area contributed by atoms with Gasteiger partial charge in [-0.2, -0.15) is 0 Å². The highest BCUT2D eigenvalue weighted by Crippen LogP contribution is 2.15. The normalized spacial score (nSPS) is 12.7. The molecule has 1 aromatic rings. The van der Waals surface area contributed by atoms with Crippen LogP contribution >= 0.6 is 15.9 Å². The molecule has 1 aromatic carbocycles. The van der Waals surface area contributed by atoms with Crippen molar-refractivity contribution in [3.63, 3.8) is 0 Å². The zero-order valence-electron chi connectivity index (χ0n) is 8.43. The lowest BCUT2D eigenvalue weighted by Crippen LogP contribution is -2.20. The molecule has 1 rings (SSSR count). The number of rotatable bonds is 5. The predicted octanol–water partition coefficient (Wildman–Crippen LogP) is 2.06. The Hall–Kier alpha value is -0.260. The third kappa shape index (κ3) is 4.86. The van der Waals surface area contributed by atoms with Gasteiger partial charge in [0.15, 0.2) is 0 Å². The van der Waals surface area contributed by atoms with E-state index in [1.54, 1.807) is 18.4 Å². The van der Waals surface area contributed by atoms with E-state index in [1.807, 2.05) is 0 Å². The van der Waals surface area contributed by atoms with Gasteiger partial charge < -0.3 is 5.32 Å². The monoisotopic (exact) mass is 293 g/mol. The number of hydrogen-bond donors (Lipinski definition) is 1. The molecule has 0 heterocycles. The van der Waals surface area contributed by atoms with E-state index in [0.29, 0.717) is 24.4 Å². The minimum Gasteiger partial charge on any atom is -0.312 e. The van der Waals surface area contributed by atoms with Crippen molar-refractivity contribution in [3.8, 4) is 0 Å². The smallest absolute Gasteiger partial charge is 0.127 e. The van der Waals surface area contributed by atoms with Gasteiger partial charge in [0.25, 0.3) is 0 Å². The summed E-state index contributed by atoms with van der Waals surface area (Å²) >= 11 is 3.29. The molecule has 0 aliphatic rings. The zero-order valence-corrected chi connectivity index (χ0v) is 10.8. The fourth-order valence-electron chi connectivity index (χ4n) is 1.12. The number of benzene rings is 1. The first-order valence-electron chi connectivity index (χ1n) is 4.54. The molecule has 0 radical (unpaired) electrons. The van der Waals surface area contributed by atoms with Gasteiger partial charge in [-0.25, -0.2) is 4.39 Å². The molecular weight excluding hydrogens is 281 g/mol. The lowest BCUT2D eigenvalue weighted by atomic mass is 10.2. The van der Waals surface area contributed by atoms with Crippen LogP contribution < -0.4 is 5.32 Å². The van der Waals surface area contributed by atoms with E-state index in [-0.39, 0.29) is 5.82 Å². The molecule has 0 aliphatic heterocycles. The molecule has 0 spiro atoms. The Morgan fingerprint density at radius 2 is 2.27 bits per heavy atom. The second kappa shape index (κ2) is 6.35. The molecule has 0 amide bonds. The van der Waals surface area contributed by atoms with Gasteiger partial charge >= 0.3 is 0 Å². The van der Waals surface area contributed by atoms with Crippen LogP contribution in [0, 0.1) is 5.82 Å². The van der Waals surface area contributed by atoms with Crippen LogP contribution in [-0.2, 0) is 17.3 Å². The lowest BCUT2D eigenvalue weighted by Gasteiger charge is -2.05. The highest BCUT2D eigenvalue weighted by Gasteiger charge is 2.02. The molecule has 2 nitrogen and oxygen atoms in total. The SMILES string of the molecule is CS(=O)CCNCc1cc(Br)ccc1F. The van der Waals surface area contributed by atoms with Gasteiger partial charge in [0.2, 0.25) is 0 Å². The van der Waals surface area contributed by atoms with E-state index in [2.05, 4.69) is 21.2 Å². The van der Waals surface area contributed by atoms with E-state index >= 15 is 0 Å². The summed E-state index contributed by atoms with van der Waals surface area (Å²) in [6.45, 7) is 1.09. The highest BCUT2D eigenvalue weighted by molar-refractivity contribution is 9.10. The van der Waals surface area contributed by atoms with Crippen LogP contribution in [0.4, 0.5) is 4.39 Å². The summed E-state index contributed by atoms with van der Waals surface area (Å²) in [5.41, 5.74) is 0.617. The van der Waals surface area contributed by atoms with Gasteiger partial charge in [-0.1, -0.05) is 15.9 Å². The third-order valence-corrected chi connectivity index (χ3v) is 3.16. The van der Waals surface area contributed by atoms with Crippen molar-refractivity contribution in [2.24, 2.45) is 0 Å². The molecule has 1 N–H and O–H groups in total. The van der Waals surface area contributed by atoms with Crippen molar-refractivity contribution < 1.29 is 8.60 Å². The Balaban J connectivity index is 2.43. The van der Waals surface area contributed by atoms with Crippen LogP contribution in [-0.4, -0.2) is 22.8 Å². The predicted molar refractivity (Wildman–Crippen MR) is 64.7 cm³/mol. The lowest BCUT2D eigenvalue weighted by molar-refractivity contribution is 0.593. The molecule has 0 fully saturated rings. The van der Waals surface area contributed by atoms with E-state index < -0.39 is 10.8 Å². The first kappa shape index (κ1) is 12.8. The number of hydrogen-bond acceptors (Lipinski definition) is 2. The third-order valence-electron chi connectivity index (χ3n) is 1.89. The summed E-state index contributed by atoms with van der Waals surface area (Å²) in [5.74, 6) is 0.374. The second-order valence-corrected chi connectivity index (χ2v) is 5.66. The van der Waals surface area contributed by atoms with Crippen molar-refractivity contribution in [3.05, 3.63) is 34.1 Å². The largest absolute Gasteiger partial charge is 0.312 e. The van der Waals surface area contributed by atoms with Crippen molar-refractivity contribution in [1.29, 1.82) is 0 Å². The van der Waals surface area contributed by atoms with Crippen LogP contribution in [0.25, 0.3) is 0 Å². The molecule has 5 heteroatoms. The molecule has 1 atom stereocenters. The standard InChI is InChI=1S/C10H13BrFNOS/c1-15(14)5-4-13-7-8-6-9(11)2-3-10(8)12/h2-3,6,13H,4-5,7H2,1H3. The maximum absolute atomic E-state index is 13.2. The summed E-state index contributed by atoms with van der Waals surface area (Å²) in [5, 5.41) is 3.05. The summed E-state index contributed by atoms with van der Waals surface area (Å²) in [6.07, 6.45) is 1.65. The van der Waals surface area contributed by atoms with Crippen LogP contribution in [0.5, 0.6) is 0 Å². The molecular formula is C10H13BrFNOS. The Morgan fingerprint density at radius 3 is 2.93 bits per heavy atom. The maximum atomic E-state index is 13.2. The van der Waals surface area contributed by atoms with Crippen LogP contribution in [0.15, 0.2) is 22.7 Å². The Morgan fingerprint density at radius 1 is 1.53 bits per heavy atom. The summed E-state index contributed by atoms with van der Waals surface area (Å²) in [7, 11) is -0.799. The van der Waals surface area contributed by atoms with E-state index in [4.69, 9.17) is 0 Å². The van der Waals surface area contributed by atoms with Gasteiger partial charge in [0.05, 0.1) is 0 Å². The van der Waals surface area contributed by atoms with Gasteiger partial charge in [-0.15, -0.1) is 0 Å². The van der Waals surface area contributed by atoms with Crippen molar-refractivity contribution >= 4 is 26.7 Å². The Labute approximate surface area is 99.8 Å². The molecule has 1 unspecified atom stereocenters. The molecule has 15 heavy (non-hydrogen) atoms. The fraction of sp³-hybridized carbons (Fsp3) is 0.400. The molecule has 0 aliphatic carbocycles. The van der Waals surface area contributed by atoms with Crippen LogP contribution in [0.3, 0.4) is 0 Å². The minimum absolute atomic E-state index is 0.219. The Bertz CT molecular complexity index is 359. The van der Waals surface area contributed by atoms with E-state index in [9.17, 15) is 8.60 Å². The van der Waals surface area contributed by atoms with Crippen LogP contribution in [0.1, 0.15) is 5.56 Å². The van der Waals surface area contributed by atoms with Crippen LogP contribution in [0.2, 0.25) is 0 Å². The molecule has 0 aromatic heterocycles. The summed E-state index contributed by atoms with van der Waals surface area (Å²) in [6, 6.07) is 4.84. The topological polar surface area (TPSA) is 29.1 Å². The van der Waals surface area contributed by atoms with E-state index in [1.165, 1.54) is 6.07 Å². The van der Waals surface area contributed by atoms with E-state index in [0.717, 1.165) is 4.47 Å². The average molecular weight is 294 g/mol. The number of nitrogens with one attached hydrogen (secondary N) is 1. The first-order chi connectivity index (χ1) is 7.09. The molecule has 0 saturated carbocycles. The van der Waals surface area contributed by atoms with Crippen molar-refractivity contribution in [1.82, 2.24) is 5.32 Å². The van der Waals surface area contributed by atoms with Gasteiger partial charge in [-0.3, -0.25) is 4.21 Å². The average Bonchev–Trinajstić information content (AvgIpc) is 2.17. The number of halogens is 2. The summed E-state index contributed by atoms with van der Waals surface area (Å²) < 4.78 is 24.9. The summed E-state index contributed by atoms with van der Waals surface area (Å²) in [4.78, 5) is 0. The zero-order chi connectivity index (χ0) is 11.3. The quantitative estimate of drug-likeness (QED) is 0.842. The highest BCUT2D eigenvalue weighted by atomic mass is 79.9.